The molecule has 59 heavy (non-hydrogen) atoms. The molecule has 1 aliphatic heterocycles. The Kier molecular flexibility index (Phi) is 19.3. The van der Waals surface area contributed by atoms with Gasteiger partial charge in [-0.1, -0.05) is 115 Å². The van der Waals surface area contributed by atoms with Gasteiger partial charge in [0.2, 0.25) is 0 Å². The molecule has 2 heterocycles. The molecule has 0 fully saturated rings. The van der Waals surface area contributed by atoms with Crippen molar-refractivity contribution in [2.75, 3.05) is 20.2 Å². The van der Waals surface area contributed by atoms with Gasteiger partial charge in [-0.05, 0) is 121 Å². The third kappa shape index (κ3) is 14.2. The van der Waals surface area contributed by atoms with Crippen LogP contribution < -0.4 is 4.74 Å². The summed E-state index contributed by atoms with van der Waals surface area (Å²) in [6, 6.07) is 14.7. The number of fused-ring (bicyclic) bond motifs is 2. The van der Waals surface area contributed by atoms with E-state index in [1.54, 1.807) is 0 Å². The maximum absolute atomic E-state index is 12.8. The zero-order chi connectivity index (χ0) is 42.0. The quantitative estimate of drug-likeness (QED) is 0.0344. The van der Waals surface area contributed by atoms with Gasteiger partial charge in [-0.15, -0.1) is 0 Å². The number of unbranched alkanes of at least 4 members (excludes halogenated alkanes) is 11. The monoisotopic (exact) mass is 872 g/mol. The van der Waals surface area contributed by atoms with Crippen molar-refractivity contribution >= 4 is 50.3 Å². The second-order valence-electron chi connectivity index (χ2n) is 16.9. The van der Waals surface area contributed by atoms with Crippen LogP contribution in [0.15, 0.2) is 65.3 Å². The first-order valence-corrected chi connectivity index (χ1v) is 23.5. The molecule has 0 saturated heterocycles. The normalized spacial score (nSPS) is 16.2. The Morgan fingerprint density at radius 3 is 2.24 bits per heavy atom. The van der Waals surface area contributed by atoms with E-state index in [0.717, 1.165) is 55.2 Å². The van der Waals surface area contributed by atoms with Crippen LogP contribution in [0.25, 0.3) is 16.5 Å². The average molecular weight is 874 g/mol. The summed E-state index contributed by atoms with van der Waals surface area (Å²) in [4.78, 5) is 40.4. The summed E-state index contributed by atoms with van der Waals surface area (Å²) in [7, 11) is 2.22. The van der Waals surface area contributed by atoms with Crippen molar-refractivity contribution in [2.24, 2.45) is 5.92 Å². The van der Waals surface area contributed by atoms with Crippen LogP contribution in [0.1, 0.15) is 153 Å². The predicted molar refractivity (Wildman–Crippen MR) is 243 cm³/mol. The highest BCUT2D eigenvalue weighted by Gasteiger charge is 2.33. The summed E-state index contributed by atoms with van der Waals surface area (Å²) >= 11 is 3.96. The Morgan fingerprint density at radius 2 is 1.53 bits per heavy atom. The molecule has 0 radical (unpaired) electrons. The molecular formula is C50H69BrN2O6. The number of nitrogens with zero attached hydrogens (tertiary/aromatic N) is 2. The van der Waals surface area contributed by atoms with Crippen LogP contribution in [0.4, 0.5) is 0 Å². The number of rotatable bonds is 26. The maximum atomic E-state index is 12.8. The van der Waals surface area contributed by atoms with Gasteiger partial charge in [0.05, 0.1) is 10.1 Å². The number of hydrogen-bond donors (Lipinski definition) is 0. The van der Waals surface area contributed by atoms with E-state index in [1.165, 1.54) is 85.4 Å². The highest BCUT2D eigenvalue weighted by Crippen LogP contribution is 2.44. The zero-order valence-corrected chi connectivity index (χ0v) is 37.9. The summed E-state index contributed by atoms with van der Waals surface area (Å²) in [6.45, 7) is 7.80. The minimum absolute atomic E-state index is 0.0502. The summed E-state index contributed by atoms with van der Waals surface area (Å²) < 4.78 is 20.2. The lowest BCUT2D eigenvalue weighted by atomic mass is 9.82. The molecule has 0 saturated carbocycles. The molecule has 3 unspecified atom stereocenters. The number of halogens is 1. The van der Waals surface area contributed by atoms with Crippen LogP contribution in [0.3, 0.4) is 0 Å². The lowest BCUT2D eigenvalue weighted by Crippen LogP contribution is -2.39. The SMILES string of the molecule is CCCCCCCC/C=C\CCCCCCCC(=O)OCC(CC)OC(=O)CC(C)CC(=O)Oc1ccc(Cn2c(Br)c3c4c(cccc42)C2=CCCN(C)C2C3)cc1. The molecule has 2 aliphatic rings. The molecule has 0 N–H and O–H groups in total. The van der Waals surface area contributed by atoms with Gasteiger partial charge >= 0.3 is 17.9 Å². The minimum atomic E-state index is -0.507. The molecule has 5 rings (SSSR count). The first kappa shape index (κ1) is 46.4. The highest BCUT2D eigenvalue weighted by molar-refractivity contribution is 9.10. The van der Waals surface area contributed by atoms with Crippen molar-refractivity contribution in [2.45, 2.75) is 161 Å². The van der Waals surface area contributed by atoms with Crippen molar-refractivity contribution < 1.29 is 28.6 Å². The Hall–Kier alpha value is -3.69. The Bertz CT molecular complexity index is 1860. The molecule has 1 aliphatic carbocycles. The molecule has 0 spiro atoms. The third-order valence-electron chi connectivity index (χ3n) is 11.9. The predicted octanol–water partition coefficient (Wildman–Crippen LogP) is 12.3. The number of hydrogen-bond acceptors (Lipinski definition) is 7. The number of aromatic nitrogens is 1. The molecule has 1 aromatic heterocycles. The number of ether oxygens (including phenoxy) is 3. The number of esters is 3. The molecule has 322 valence electrons. The van der Waals surface area contributed by atoms with Crippen LogP contribution in [0, 0.1) is 5.92 Å². The van der Waals surface area contributed by atoms with Crippen molar-refractivity contribution in [1.29, 1.82) is 0 Å². The lowest BCUT2D eigenvalue weighted by Gasteiger charge is -2.37. The van der Waals surface area contributed by atoms with E-state index in [1.807, 2.05) is 38.1 Å². The van der Waals surface area contributed by atoms with Gasteiger partial charge < -0.3 is 18.8 Å². The molecule has 9 heteroatoms. The molecule has 0 amide bonds. The standard InChI is InChI=1S/C50H69BrN2O6/c1-5-7-8-9-10-11-12-13-14-15-16-17-18-19-20-26-46(54)57-36-39(6-2)58-47(55)32-37(3)33-48(56)59-40-29-27-38(28-30-40)35-53-44-25-21-23-42-41-24-22-31-52(4)45(41)34-43(49(42)44)50(53)51/h13-14,21,23-25,27-30,37,39,45H,5-12,15-20,22,26,31-36H2,1-4H3/b14-13-. The second-order valence-corrected chi connectivity index (χ2v) is 17.6. The van der Waals surface area contributed by atoms with Crippen LogP contribution in [-0.2, 0) is 36.8 Å². The molecular weight excluding hydrogens is 804 g/mol. The van der Waals surface area contributed by atoms with E-state index >= 15 is 0 Å². The molecule has 0 bridgehead atoms. The van der Waals surface area contributed by atoms with E-state index in [4.69, 9.17) is 14.2 Å². The van der Waals surface area contributed by atoms with Crippen molar-refractivity contribution in [3.63, 3.8) is 0 Å². The van der Waals surface area contributed by atoms with Gasteiger partial charge in [-0.2, -0.15) is 0 Å². The van der Waals surface area contributed by atoms with E-state index < -0.39 is 18.0 Å². The summed E-state index contributed by atoms with van der Waals surface area (Å²) in [6.07, 6.45) is 25.4. The fraction of sp³-hybridized carbons (Fsp3) is 0.580. The van der Waals surface area contributed by atoms with E-state index in [0.29, 0.717) is 31.2 Å². The molecule has 2 aromatic carbocycles. The number of benzene rings is 2. The van der Waals surface area contributed by atoms with E-state index in [9.17, 15) is 14.4 Å². The Morgan fingerprint density at radius 1 is 0.847 bits per heavy atom. The maximum Gasteiger partial charge on any atom is 0.311 e. The fourth-order valence-electron chi connectivity index (χ4n) is 8.46. The first-order chi connectivity index (χ1) is 28.7. The van der Waals surface area contributed by atoms with Gasteiger partial charge in [0.25, 0.3) is 0 Å². The number of allylic oxidation sites excluding steroid dienone is 2. The number of likely N-dealkylation sites (N-methyl/N-ethyl adjacent to an activating group) is 1. The second kappa shape index (κ2) is 24.5. The zero-order valence-electron chi connectivity index (χ0n) is 36.3. The fourth-order valence-corrected chi connectivity index (χ4v) is 9.14. The van der Waals surface area contributed by atoms with Gasteiger partial charge in [-0.25, -0.2) is 0 Å². The molecule has 3 atom stereocenters. The van der Waals surface area contributed by atoms with E-state index in [-0.39, 0.29) is 31.3 Å². The van der Waals surface area contributed by atoms with Gasteiger partial charge in [-0.3, -0.25) is 19.3 Å². The van der Waals surface area contributed by atoms with Crippen molar-refractivity contribution in [3.8, 4) is 5.75 Å². The third-order valence-corrected chi connectivity index (χ3v) is 12.8. The van der Waals surface area contributed by atoms with Gasteiger partial charge in [0, 0.05) is 43.8 Å². The molecule has 3 aromatic rings. The largest absolute Gasteiger partial charge is 0.462 e. The van der Waals surface area contributed by atoms with Crippen molar-refractivity contribution in [3.05, 3.63) is 82.0 Å². The number of carbonyl (C=O) groups excluding carboxylic acids is 3. The Labute approximate surface area is 362 Å². The van der Waals surface area contributed by atoms with Crippen LogP contribution in [0.2, 0.25) is 0 Å². The summed E-state index contributed by atoms with van der Waals surface area (Å²) in [5.74, 6) is -0.855. The van der Waals surface area contributed by atoms with Gasteiger partial charge in [0.15, 0.2) is 0 Å². The topological polar surface area (TPSA) is 87.1 Å². The number of carbonyl (C=O) groups is 3. The smallest absolute Gasteiger partial charge is 0.311 e. The van der Waals surface area contributed by atoms with Crippen molar-refractivity contribution in [1.82, 2.24) is 9.47 Å². The highest BCUT2D eigenvalue weighted by atomic mass is 79.9. The van der Waals surface area contributed by atoms with E-state index in [2.05, 4.69) is 75.8 Å². The minimum Gasteiger partial charge on any atom is -0.462 e. The first-order valence-electron chi connectivity index (χ1n) is 22.7. The average Bonchev–Trinajstić information content (AvgIpc) is 3.48. The summed E-state index contributed by atoms with van der Waals surface area (Å²) in [5, 5.41) is 1.34. The summed E-state index contributed by atoms with van der Waals surface area (Å²) in [5.41, 5.74) is 6.47. The van der Waals surface area contributed by atoms with Gasteiger partial charge in [0.1, 0.15) is 18.5 Å². The lowest BCUT2D eigenvalue weighted by molar-refractivity contribution is -0.160. The van der Waals surface area contributed by atoms with Crippen LogP contribution in [-0.4, -0.2) is 59.7 Å². The van der Waals surface area contributed by atoms with Crippen LogP contribution >= 0.6 is 15.9 Å². The Balaban J connectivity index is 0.947. The molecule has 8 nitrogen and oxygen atoms in total. The van der Waals surface area contributed by atoms with Crippen LogP contribution in [0.5, 0.6) is 5.75 Å².